The zero-order chi connectivity index (χ0) is 17.5. The molecule has 0 radical (unpaired) electrons. The summed E-state index contributed by atoms with van der Waals surface area (Å²) < 4.78 is 11.7. The van der Waals surface area contributed by atoms with E-state index in [2.05, 4.69) is 22.0 Å². The van der Waals surface area contributed by atoms with E-state index >= 15 is 0 Å². The molecule has 0 heterocycles. The summed E-state index contributed by atoms with van der Waals surface area (Å²) in [5, 5.41) is 9.03. The molecular weight excluding hydrogens is 372 g/mol. The first-order valence-electron chi connectivity index (χ1n) is 7.37. The van der Waals surface area contributed by atoms with Crippen LogP contribution in [0.2, 0.25) is 0 Å². The second kappa shape index (κ2) is 8.37. The lowest BCUT2D eigenvalue weighted by molar-refractivity contribution is -0.120. The Labute approximate surface area is 149 Å². The van der Waals surface area contributed by atoms with Gasteiger partial charge in [0.05, 0.1) is 22.7 Å². The minimum Gasteiger partial charge on any atom is -0.490 e. The first-order chi connectivity index (χ1) is 11.6. The molecule has 0 N–H and O–H groups in total. The molecular formula is C18H17BrN2O3. The van der Waals surface area contributed by atoms with Crippen molar-refractivity contribution < 1.29 is 14.3 Å². The fourth-order valence-electron chi connectivity index (χ4n) is 2.06. The van der Waals surface area contributed by atoms with Gasteiger partial charge in [-0.05, 0) is 41.1 Å². The minimum absolute atomic E-state index is 0.143. The molecule has 0 aromatic heterocycles. The van der Waals surface area contributed by atoms with Crippen molar-refractivity contribution in [1.29, 1.82) is 5.26 Å². The summed E-state index contributed by atoms with van der Waals surface area (Å²) in [4.78, 5) is 13.8. The van der Waals surface area contributed by atoms with Crippen molar-refractivity contribution >= 4 is 27.5 Å². The van der Waals surface area contributed by atoms with Gasteiger partial charge in [-0.1, -0.05) is 18.2 Å². The van der Waals surface area contributed by atoms with Gasteiger partial charge in [0.1, 0.15) is 0 Å². The van der Waals surface area contributed by atoms with Gasteiger partial charge in [0.25, 0.3) is 5.91 Å². The van der Waals surface area contributed by atoms with Gasteiger partial charge in [-0.25, -0.2) is 0 Å². The molecule has 0 spiro atoms. The number of carbonyl (C=O) groups excluding carboxylic acids is 1. The van der Waals surface area contributed by atoms with Crippen LogP contribution in [0.25, 0.3) is 0 Å². The normalized spacial score (nSPS) is 9.92. The zero-order valence-corrected chi connectivity index (χ0v) is 15.0. The van der Waals surface area contributed by atoms with Gasteiger partial charge in [0.2, 0.25) is 0 Å². The van der Waals surface area contributed by atoms with E-state index in [0.717, 1.165) is 5.69 Å². The van der Waals surface area contributed by atoms with E-state index in [4.69, 9.17) is 14.7 Å². The van der Waals surface area contributed by atoms with Crippen LogP contribution < -0.4 is 14.4 Å². The average molecular weight is 389 g/mol. The summed E-state index contributed by atoms with van der Waals surface area (Å²) in [6.45, 7) is 2.12. The molecule has 0 saturated carbocycles. The Hall–Kier alpha value is -2.52. The van der Waals surface area contributed by atoms with Gasteiger partial charge < -0.3 is 14.4 Å². The largest absolute Gasteiger partial charge is 0.490 e. The maximum atomic E-state index is 12.3. The number of rotatable bonds is 6. The first-order valence-corrected chi connectivity index (χ1v) is 8.17. The third kappa shape index (κ3) is 4.27. The Morgan fingerprint density at radius 1 is 1.25 bits per heavy atom. The predicted octanol–water partition coefficient (Wildman–Crippen LogP) is 3.76. The number of amides is 1. The van der Waals surface area contributed by atoms with Crippen LogP contribution in [0.3, 0.4) is 0 Å². The molecule has 2 aromatic rings. The average Bonchev–Trinajstić information content (AvgIpc) is 2.60. The van der Waals surface area contributed by atoms with Crippen LogP contribution in [0.4, 0.5) is 5.69 Å². The Balaban J connectivity index is 2.14. The quantitative estimate of drug-likeness (QED) is 0.755. The van der Waals surface area contributed by atoms with E-state index in [1.165, 1.54) is 4.90 Å². The van der Waals surface area contributed by atoms with Crippen LogP contribution in [-0.2, 0) is 4.79 Å². The van der Waals surface area contributed by atoms with Crippen molar-refractivity contribution in [3.05, 3.63) is 52.5 Å². The van der Waals surface area contributed by atoms with Crippen molar-refractivity contribution in [2.24, 2.45) is 0 Å². The van der Waals surface area contributed by atoms with Gasteiger partial charge in [0.15, 0.2) is 18.1 Å². The summed E-state index contributed by atoms with van der Waals surface area (Å²) in [6, 6.07) is 14.6. The minimum atomic E-state index is -0.195. The number of para-hydroxylation sites is 1. The molecule has 6 heteroatoms. The zero-order valence-electron chi connectivity index (χ0n) is 13.5. The summed E-state index contributed by atoms with van der Waals surface area (Å²) in [6.07, 6.45) is 0. The summed E-state index contributed by atoms with van der Waals surface area (Å²) in [5.41, 5.74) is 1.24. The molecule has 1 amide bonds. The standard InChI is InChI=1S/C18H17BrN2O3/c1-3-23-16-10-13(11-20)9-15(19)18(16)24-12-17(22)21(2)14-7-5-4-6-8-14/h4-10H,3,12H2,1-2H3. The van der Waals surface area contributed by atoms with E-state index in [9.17, 15) is 4.79 Å². The fourth-order valence-corrected chi connectivity index (χ4v) is 2.62. The molecule has 2 aromatic carbocycles. The third-order valence-electron chi connectivity index (χ3n) is 3.30. The number of likely N-dealkylation sites (N-methyl/N-ethyl adjacent to an activating group) is 1. The highest BCUT2D eigenvalue weighted by Gasteiger charge is 2.16. The van der Waals surface area contributed by atoms with Crippen molar-refractivity contribution in [3.8, 4) is 17.6 Å². The van der Waals surface area contributed by atoms with E-state index in [1.807, 2.05) is 37.3 Å². The Morgan fingerprint density at radius 2 is 1.96 bits per heavy atom. The number of nitriles is 1. The number of hydrogen-bond donors (Lipinski definition) is 0. The van der Waals surface area contributed by atoms with Gasteiger partial charge in [-0.3, -0.25) is 4.79 Å². The van der Waals surface area contributed by atoms with Crippen molar-refractivity contribution in [1.82, 2.24) is 0 Å². The van der Waals surface area contributed by atoms with E-state index in [-0.39, 0.29) is 12.5 Å². The molecule has 124 valence electrons. The van der Waals surface area contributed by atoms with Gasteiger partial charge in [-0.15, -0.1) is 0 Å². The lowest BCUT2D eigenvalue weighted by Crippen LogP contribution is -2.31. The van der Waals surface area contributed by atoms with Crippen LogP contribution in [0.15, 0.2) is 46.9 Å². The Bertz CT molecular complexity index is 757. The molecule has 0 aliphatic carbocycles. The van der Waals surface area contributed by atoms with Crippen molar-refractivity contribution in [2.75, 3.05) is 25.2 Å². The third-order valence-corrected chi connectivity index (χ3v) is 3.89. The molecule has 0 saturated heterocycles. The SMILES string of the molecule is CCOc1cc(C#N)cc(Br)c1OCC(=O)N(C)c1ccccc1. The summed E-state index contributed by atoms with van der Waals surface area (Å²) >= 11 is 3.36. The predicted molar refractivity (Wildman–Crippen MR) is 95.4 cm³/mol. The van der Waals surface area contributed by atoms with E-state index in [0.29, 0.717) is 28.1 Å². The summed E-state index contributed by atoms with van der Waals surface area (Å²) in [7, 11) is 1.69. The fraction of sp³-hybridized carbons (Fsp3) is 0.222. The Kier molecular flexibility index (Phi) is 6.21. The topological polar surface area (TPSA) is 62.6 Å². The van der Waals surface area contributed by atoms with Gasteiger partial charge >= 0.3 is 0 Å². The number of benzene rings is 2. The molecule has 24 heavy (non-hydrogen) atoms. The smallest absolute Gasteiger partial charge is 0.264 e. The second-order valence-corrected chi connectivity index (χ2v) is 5.76. The Morgan fingerprint density at radius 3 is 2.58 bits per heavy atom. The number of anilines is 1. The van der Waals surface area contributed by atoms with Crippen molar-refractivity contribution in [2.45, 2.75) is 6.92 Å². The molecule has 0 aliphatic rings. The van der Waals surface area contributed by atoms with Crippen LogP contribution in [-0.4, -0.2) is 26.2 Å². The van der Waals surface area contributed by atoms with Crippen LogP contribution >= 0.6 is 15.9 Å². The maximum Gasteiger partial charge on any atom is 0.264 e. The highest BCUT2D eigenvalue weighted by Crippen LogP contribution is 2.36. The maximum absolute atomic E-state index is 12.3. The van der Waals surface area contributed by atoms with Gasteiger partial charge in [-0.2, -0.15) is 5.26 Å². The molecule has 0 bridgehead atoms. The lowest BCUT2D eigenvalue weighted by atomic mass is 10.2. The molecule has 0 unspecified atom stereocenters. The van der Waals surface area contributed by atoms with Crippen LogP contribution in [0.5, 0.6) is 11.5 Å². The molecule has 2 rings (SSSR count). The molecule has 0 aliphatic heterocycles. The van der Waals surface area contributed by atoms with Crippen LogP contribution in [0.1, 0.15) is 12.5 Å². The van der Waals surface area contributed by atoms with Gasteiger partial charge in [0, 0.05) is 18.8 Å². The molecule has 5 nitrogen and oxygen atoms in total. The summed E-state index contributed by atoms with van der Waals surface area (Å²) in [5.74, 6) is 0.643. The number of carbonyl (C=O) groups is 1. The van der Waals surface area contributed by atoms with E-state index in [1.54, 1.807) is 19.2 Å². The molecule has 0 fully saturated rings. The number of hydrogen-bond acceptors (Lipinski definition) is 4. The highest BCUT2D eigenvalue weighted by atomic mass is 79.9. The lowest BCUT2D eigenvalue weighted by Gasteiger charge is -2.19. The highest BCUT2D eigenvalue weighted by molar-refractivity contribution is 9.10. The van der Waals surface area contributed by atoms with Crippen LogP contribution in [0, 0.1) is 11.3 Å². The van der Waals surface area contributed by atoms with Crippen molar-refractivity contribution in [3.63, 3.8) is 0 Å². The number of halogens is 1. The number of ether oxygens (including phenoxy) is 2. The van der Waals surface area contributed by atoms with E-state index < -0.39 is 0 Å². The molecule has 0 atom stereocenters. The number of nitrogens with zero attached hydrogens (tertiary/aromatic N) is 2. The first kappa shape index (κ1) is 17.8. The monoisotopic (exact) mass is 388 g/mol. The second-order valence-electron chi connectivity index (χ2n) is 4.91.